The van der Waals surface area contributed by atoms with Crippen LogP contribution >= 0.6 is 0 Å². The van der Waals surface area contributed by atoms with Crippen LogP contribution < -0.4 is 0 Å². The highest BCUT2D eigenvalue weighted by molar-refractivity contribution is 5.86. The van der Waals surface area contributed by atoms with Gasteiger partial charge in [-0.1, -0.05) is 0 Å². The first-order chi connectivity index (χ1) is 9.70. The molecule has 0 aromatic carbocycles. The van der Waals surface area contributed by atoms with Crippen LogP contribution in [0.5, 0.6) is 0 Å². The van der Waals surface area contributed by atoms with Crippen LogP contribution in [0.15, 0.2) is 30.7 Å². The minimum Gasteiger partial charge on any atom is -0.290 e. The number of fused-ring (bicyclic) bond motifs is 1. The Labute approximate surface area is 116 Å². The first kappa shape index (κ1) is 11.9. The number of hydrogen-bond acceptors (Lipinski definition) is 3. The van der Waals surface area contributed by atoms with Crippen LogP contribution in [0, 0.1) is 11.2 Å². The number of nitrogens with zero attached hydrogens (tertiary/aromatic N) is 3. The summed E-state index contributed by atoms with van der Waals surface area (Å²) in [5, 5.41) is 3.78. The molecule has 0 N–H and O–H groups in total. The summed E-state index contributed by atoms with van der Waals surface area (Å²) in [5.74, 6) is -0.174. The topological polar surface area (TPSA) is 36.4 Å². The Bertz CT molecular complexity index is 597. The summed E-state index contributed by atoms with van der Waals surface area (Å²) < 4.78 is 13.4. The summed E-state index contributed by atoms with van der Waals surface area (Å²) in [6.45, 7) is 0.850. The summed E-state index contributed by atoms with van der Waals surface area (Å²) in [6, 6.07) is 1.24. The van der Waals surface area contributed by atoms with E-state index in [-0.39, 0.29) is 23.2 Å². The maximum Gasteiger partial charge on any atom is 0.248 e. The Morgan fingerprint density at radius 1 is 1.30 bits per heavy atom. The van der Waals surface area contributed by atoms with E-state index in [1.54, 1.807) is 11.2 Å². The van der Waals surface area contributed by atoms with Gasteiger partial charge in [-0.2, -0.15) is 0 Å². The number of aromatic nitrogens is 1. The molecule has 1 saturated carbocycles. The highest BCUT2D eigenvalue weighted by Gasteiger charge is 2.55. The Balaban J connectivity index is 1.71. The van der Waals surface area contributed by atoms with Crippen LogP contribution in [0.25, 0.3) is 0 Å². The number of rotatable bonds is 1. The lowest BCUT2D eigenvalue weighted by molar-refractivity contribution is -0.150. The molecule has 1 aromatic rings. The molecule has 1 aromatic heterocycles. The zero-order valence-electron chi connectivity index (χ0n) is 11.1. The minimum absolute atomic E-state index is 0.139. The van der Waals surface area contributed by atoms with Crippen LogP contribution in [-0.4, -0.2) is 27.5 Å². The fourth-order valence-corrected chi connectivity index (χ4v) is 3.31. The monoisotopic (exact) mass is 273 g/mol. The van der Waals surface area contributed by atoms with E-state index >= 15 is 0 Å². The SMILES string of the molecule is O=C1N2C(c3cncc(F)c3)C=CN2CCCC12CC2. The number of halogens is 1. The van der Waals surface area contributed by atoms with Crippen molar-refractivity contribution in [3.63, 3.8) is 0 Å². The van der Waals surface area contributed by atoms with Crippen molar-refractivity contribution in [3.05, 3.63) is 42.1 Å². The van der Waals surface area contributed by atoms with Gasteiger partial charge < -0.3 is 0 Å². The predicted molar refractivity (Wildman–Crippen MR) is 70.5 cm³/mol. The van der Waals surface area contributed by atoms with Crippen molar-refractivity contribution < 1.29 is 9.18 Å². The number of pyridine rings is 1. The summed E-state index contributed by atoms with van der Waals surface area (Å²) in [6.07, 6.45) is 10.7. The molecule has 1 unspecified atom stereocenters. The predicted octanol–water partition coefficient (Wildman–Crippen LogP) is 2.41. The first-order valence-corrected chi connectivity index (χ1v) is 7.09. The van der Waals surface area contributed by atoms with Crippen LogP contribution in [-0.2, 0) is 4.79 Å². The largest absolute Gasteiger partial charge is 0.290 e. The average Bonchev–Trinajstić information content (AvgIpc) is 3.13. The summed E-state index contributed by atoms with van der Waals surface area (Å²) in [4.78, 5) is 16.7. The number of amides is 1. The number of carbonyl (C=O) groups excluding carboxylic acids is 1. The van der Waals surface area contributed by atoms with E-state index in [0.29, 0.717) is 0 Å². The summed E-state index contributed by atoms with van der Waals surface area (Å²) in [7, 11) is 0. The average molecular weight is 273 g/mol. The molecular formula is C15H16FN3O. The van der Waals surface area contributed by atoms with Crippen molar-refractivity contribution >= 4 is 5.91 Å². The smallest absolute Gasteiger partial charge is 0.248 e. The minimum atomic E-state index is -0.363. The van der Waals surface area contributed by atoms with Crippen molar-refractivity contribution in [3.8, 4) is 0 Å². The van der Waals surface area contributed by atoms with Gasteiger partial charge in [0.1, 0.15) is 5.82 Å². The Morgan fingerprint density at radius 3 is 2.90 bits per heavy atom. The highest BCUT2D eigenvalue weighted by atomic mass is 19.1. The van der Waals surface area contributed by atoms with Gasteiger partial charge in [0.2, 0.25) is 5.91 Å². The van der Waals surface area contributed by atoms with E-state index in [9.17, 15) is 9.18 Å². The lowest BCUT2D eigenvalue weighted by Gasteiger charge is -2.33. The zero-order valence-corrected chi connectivity index (χ0v) is 11.1. The third kappa shape index (κ3) is 1.65. The normalized spacial score (nSPS) is 26.9. The van der Waals surface area contributed by atoms with E-state index < -0.39 is 0 Å². The molecule has 1 saturated heterocycles. The van der Waals surface area contributed by atoms with Gasteiger partial charge in [-0.25, -0.2) is 9.40 Å². The molecule has 5 heteroatoms. The maximum atomic E-state index is 13.4. The van der Waals surface area contributed by atoms with Gasteiger partial charge in [0, 0.05) is 24.5 Å². The first-order valence-electron chi connectivity index (χ1n) is 7.09. The fourth-order valence-electron chi connectivity index (χ4n) is 3.31. The summed E-state index contributed by atoms with van der Waals surface area (Å²) >= 11 is 0. The Kier molecular flexibility index (Phi) is 2.40. The molecule has 104 valence electrons. The van der Waals surface area contributed by atoms with Gasteiger partial charge in [0.15, 0.2) is 0 Å². The van der Waals surface area contributed by atoms with Crippen molar-refractivity contribution in [2.24, 2.45) is 5.41 Å². The molecule has 2 fully saturated rings. The molecule has 1 spiro atoms. The molecule has 3 heterocycles. The summed E-state index contributed by atoms with van der Waals surface area (Å²) in [5.41, 5.74) is 0.592. The quantitative estimate of drug-likeness (QED) is 0.788. The second-order valence-electron chi connectivity index (χ2n) is 5.92. The highest BCUT2D eigenvalue weighted by Crippen LogP contribution is 2.54. The van der Waals surface area contributed by atoms with Gasteiger partial charge in [-0.05, 0) is 37.8 Å². The molecule has 1 aliphatic carbocycles. The van der Waals surface area contributed by atoms with Crippen LogP contribution in [0.3, 0.4) is 0 Å². The van der Waals surface area contributed by atoms with Crippen LogP contribution in [0.4, 0.5) is 4.39 Å². The van der Waals surface area contributed by atoms with Gasteiger partial charge in [0.25, 0.3) is 0 Å². The Hall–Kier alpha value is -1.91. The molecule has 1 atom stereocenters. The molecule has 0 bridgehead atoms. The van der Waals surface area contributed by atoms with Gasteiger partial charge >= 0.3 is 0 Å². The van der Waals surface area contributed by atoms with Gasteiger partial charge in [-0.15, -0.1) is 0 Å². The molecule has 4 rings (SSSR count). The third-order valence-electron chi connectivity index (χ3n) is 4.61. The number of carbonyl (C=O) groups is 1. The van der Waals surface area contributed by atoms with Crippen molar-refractivity contribution in [1.82, 2.24) is 15.0 Å². The van der Waals surface area contributed by atoms with E-state index in [4.69, 9.17) is 0 Å². The van der Waals surface area contributed by atoms with Crippen molar-refractivity contribution in [2.45, 2.75) is 31.7 Å². The van der Waals surface area contributed by atoms with Crippen LogP contribution in [0.2, 0.25) is 0 Å². The molecule has 2 aliphatic heterocycles. The molecule has 20 heavy (non-hydrogen) atoms. The zero-order chi connectivity index (χ0) is 13.7. The molecular weight excluding hydrogens is 257 g/mol. The maximum absolute atomic E-state index is 13.4. The third-order valence-corrected chi connectivity index (χ3v) is 4.61. The Morgan fingerprint density at radius 2 is 2.15 bits per heavy atom. The lowest BCUT2D eigenvalue weighted by atomic mass is 9.98. The van der Waals surface area contributed by atoms with Crippen molar-refractivity contribution in [2.75, 3.05) is 6.54 Å². The second kappa shape index (κ2) is 4.04. The van der Waals surface area contributed by atoms with Gasteiger partial charge in [-0.3, -0.25) is 14.8 Å². The lowest BCUT2D eigenvalue weighted by Crippen LogP contribution is -2.43. The van der Waals surface area contributed by atoms with Gasteiger partial charge in [0.05, 0.1) is 17.7 Å². The van der Waals surface area contributed by atoms with Crippen molar-refractivity contribution in [1.29, 1.82) is 0 Å². The number of hydrogen-bond donors (Lipinski definition) is 0. The number of hydrazine groups is 1. The van der Waals surface area contributed by atoms with E-state index in [2.05, 4.69) is 4.98 Å². The van der Waals surface area contributed by atoms with Crippen LogP contribution in [0.1, 0.15) is 37.3 Å². The molecule has 0 radical (unpaired) electrons. The second-order valence-corrected chi connectivity index (χ2v) is 5.92. The van der Waals surface area contributed by atoms with E-state index in [1.807, 2.05) is 17.3 Å². The van der Waals surface area contributed by atoms with E-state index in [1.165, 1.54) is 12.3 Å². The standard InChI is InChI=1S/C15H16FN3O/c16-12-8-11(9-17-10-12)13-2-7-18-6-1-3-15(4-5-15)14(20)19(13)18/h2,7-10,13H,1,3-6H2. The van der Waals surface area contributed by atoms with E-state index in [0.717, 1.165) is 37.8 Å². The molecule has 1 amide bonds. The fraction of sp³-hybridized carbons (Fsp3) is 0.467. The molecule has 4 nitrogen and oxygen atoms in total. The molecule has 3 aliphatic rings.